The predicted molar refractivity (Wildman–Crippen MR) is 74.0 cm³/mol. The number of carbonyl (C=O) groups is 1. The summed E-state index contributed by atoms with van der Waals surface area (Å²) in [4.78, 5) is 14.9. The molecule has 0 aliphatic rings. The van der Waals surface area contributed by atoms with Gasteiger partial charge in [0.05, 0.1) is 19.3 Å². The van der Waals surface area contributed by atoms with Crippen LogP contribution in [-0.4, -0.2) is 29.4 Å². The van der Waals surface area contributed by atoms with E-state index in [1.165, 1.54) is 6.08 Å². The van der Waals surface area contributed by atoms with Gasteiger partial charge >= 0.3 is 5.97 Å². The highest BCUT2D eigenvalue weighted by molar-refractivity contribution is 6.40. The first-order valence-corrected chi connectivity index (χ1v) is 5.94. The standard InChI is InChI=1S/C14H18N2O3/c1-11(16-13(7-8-15)14(17)18)9-19-10-12-5-3-2-4-6-12/h2-8,11H,9-10,15H2,1H3,(H,17,18)/t11-/m0/s1. The van der Waals surface area contributed by atoms with E-state index in [9.17, 15) is 4.79 Å². The first kappa shape index (κ1) is 14.9. The van der Waals surface area contributed by atoms with E-state index in [0.29, 0.717) is 13.2 Å². The van der Waals surface area contributed by atoms with Gasteiger partial charge in [0.25, 0.3) is 0 Å². The number of carboxylic acid groups (broad SMARTS) is 1. The maximum atomic E-state index is 10.8. The van der Waals surface area contributed by atoms with Crippen LogP contribution in [-0.2, 0) is 16.1 Å². The Morgan fingerprint density at radius 3 is 2.74 bits per heavy atom. The lowest BCUT2D eigenvalue weighted by molar-refractivity contribution is -0.129. The fraction of sp³-hybridized carbons (Fsp3) is 0.286. The third-order valence-electron chi connectivity index (χ3n) is 2.30. The van der Waals surface area contributed by atoms with E-state index in [1.54, 1.807) is 6.92 Å². The van der Waals surface area contributed by atoms with Crippen molar-refractivity contribution in [2.75, 3.05) is 6.61 Å². The molecule has 0 radical (unpaired) electrons. The Bertz CT molecular complexity index is 455. The second-order valence-corrected chi connectivity index (χ2v) is 4.03. The summed E-state index contributed by atoms with van der Waals surface area (Å²) in [7, 11) is 0. The van der Waals surface area contributed by atoms with Gasteiger partial charge in [-0.25, -0.2) is 4.79 Å². The topological polar surface area (TPSA) is 84.9 Å². The van der Waals surface area contributed by atoms with E-state index in [1.807, 2.05) is 30.3 Å². The lowest BCUT2D eigenvalue weighted by atomic mass is 10.2. The van der Waals surface area contributed by atoms with Crippen molar-refractivity contribution in [2.45, 2.75) is 19.6 Å². The summed E-state index contributed by atoms with van der Waals surface area (Å²) in [6.45, 7) is 2.62. The Morgan fingerprint density at radius 1 is 1.47 bits per heavy atom. The van der Waals surface area contributed by atoms with Crippen LogP contribution in [0.3, 0.4) is 0 Å². The zero-order valence-electron chi connectivity index (χ0n) is 10.8. The molecule has 1 rings (SSSR count). The highest BCUT2D eigenvalue weighted by atomic mass is 16.5. The summed E-state index contributed by atoms with van der Waals surface area (Å²) in [6, 6.07) is 9.51. The number of hydrogen-bond acceptors (Lipinski definition) is 4. The van der Waals surface area contributed by atoms with Gasteiger partial charge < -0.3 is 15.6 Å². The number of rotatable bonds is 7. The minimum absolute atomic E-state index is 0.0710. The molecule has 0 fully saturated rings. The molecule has 5 heteroatoms. The van der Waals surface area contributed by atoms with Gasteiger partial charge in [-0.1, -0.05) is 30.3 Å². The van der Waals surface area contributed by atoms with Gasteiger partial charge in [0, 0.05) is 0 Å². The lowest BCUT2D eigenvalue weighted by Gasteiger charge is -2.08. The smallest absolute Gasteiger partial charge is 0.354 e. The van der Waals surface area contributed by atoms with E-state index < -0.39 is 5.97 Å². The largest absolute Gasteiger partial charge is 0.477 e. The molecular formula is C14H18N2O3. The van der Waals surface area contributed by atoms with Crippen LogP contribution in [0.1, 0.15) is 12.5 Å². The molecule has 0 aromatic heterocycles. The molecule has 3 N–H and O–H groups in total. The van der Waals surface area contributed by atoms with Crippen molar-refractivity contribution in [1.82, 2.24) is 0 Å². The van der Waals surface area contributed by atoms with Crippen molar-refractivity contribution in [1.29, 1.82) is 0 Å². The average Bonchev–Trinajstić information content (AvgIpc) is 2.39. The molecule has 1 aromatic rings. The van der Waals surface area contributed by atoms with Crippen LogP contribution in [0.25, 0.3) is 0 Å². The van der Waals surface area contributed by atoms with Gasteiger partial charge in [-0.2, -0.15) is 0 Å². The molecule has 0 heterocycles. The van der Waals surface area contributed by atoms with E-state index in [2.05, 4.69) is 4.99 Å². The molecule has 19 heavy (non-hydrogen) atoms. The molecule has 1 atom stereocenters. The van der Waals surface area contributed by atoms with Gasteiger partial charge in [0.2, 0.25) is 0 Å². The van der Waals surface area contributed by atoms with Crippen molar-refractivity contribution < 1.29 is 14.6 Å². The molecule has 0 amide bonds. The summed E-state index contributed by atoms with van der Waals surface area (Å²) >= 11 is 0. The number of nitrogens with zero attached hydrogens (tertiary/aromatic N) is 1. The SMILES string of the molecule is C[C@@H](COCc1ccccc1)N=C(C=CN)C(=O)O. The van der Waals surface area contributed by atoms with Gasteiger partial charge in [0.1, 0.15) is 5.71 Å². The molecule has 0 aliphatic heterocycles. The van der Waals surface area contributed by atoms with E-state index >= 15 is 0 Å². The van der Waals surface area contributed by atoms with Gasteiger partial charge in [0.15, 0.2) is 0 Å². The third kappa shape index (κ3) is 5.83. The Hall–Kier alpha value is -2.14. The molecule has 0 saturated carbocycles. The molecule has 0 aliphatic carbocycles. The van der Waals surface area contributed by atoms with Crippen LogP contribution in [0.15, 0.2) is 47.6 Å². The van der Waals surface area contributed by atoms with Crippen LogP contribution in [0.2, 0.25) is 0 Å². The highest BCUT2D eigenvalue weighted by Crippen LogP contribution is 2.02. The maximum Gasteiger partial charge on any atom is 0.354 e. The molecule has 0 spiro atoms. The summed E-state index contributed by atoms with van der Waals surface area (Å²) in [5.41, 5.74) is 6.16. The van der Waals surface area contributed by atoms with E-state index in [4.69, 9.17) is 15.6 Å². The second kappa shape index (κ2) is 8.05. The van der Waals surface area contributed by atoms with Crippen LogP contribution < -0.4 is 5.73 Å². The first-order chi connectivity index (χ1) is 9.13. The Labute approximate surface area is 112 Å². The monoisotopic (exact) mass is 262 g/mol. The Balaban J connectivity index is 2.44. The zero-order valence-corrected chi connectivity index (χ0v) is 10.8. The van der Waals surface area contributed by atoms with Gasteiger partial charge in [-0.15, -0.1) is 0 Å². The van der Waals surface area contributed by atoms with Crippen molar-refractivity contribution in [3.8, 4) is 0 Å². The van der Waals surface area contributed by atoms with Crippen molar-refractivity contribution in [3.63, 3.8) is 0 Å². The van der Waals surface area contributed by atoms with Crippen LogP contribution in [0, 0.1) is 0 Å². The average molecular weight is 262 g/mol. The zero-order chi connectivity index (χ0) is 14.1. The Morgan fingerprint density at radius 2 is 2.16 bits per heavy atom. The number of aliphatic carboxylic acids is 1. The summed E-state index contributed by atoms with van der Waals surface area (Å²) < 4.78 is 5.48. The summed E-state index contributed by atoms with van der Waals surface area (Å²) in [6.07, 6.45) is 2.42. The van der Waals surface area contributed by atoms with Crippen molar-refractivity contribution in [2.24, 2.45) is 10.7 Å². The molecule has 0 bridgehead atoms. The number of benzene rings is 1. The molecule has 102 valence electrons. The fourth-order valence-corrected chi connectivity index (χ4v) is 1.46. The maximum absolute atomic E-state index is 10.8. The van der Waals surface area contributed by atoms with E-state index in [-0.39, 0.29) is 11.8 Å². The molecular weight excluding hydrogens is 244 g/mol. The first-order valence-electron chi connectivity index (χ1n) is 5.94. The Kier molecular flexibility index (Phi) is 6.32. The summed E-state index contributed by atoms with van der Waals surface area (Å²) in [5, 5.41) is 8.88. The number of aliphatic imine (C=N–C) groups is 1. The molecule has 5 nitrogen and oxygen atoms in total. The highest BCUT2D eigenvalue weighted by Gasteiger charge is 2.08. The second-order valence-electron chi connectivity index (χ2n) is 4.03. The number of nitrogens with two attached hydrogens (primary N) is 1. The van der Waals surface area contributed by atoms with Crippen molar-refractivity contribution in [3.05, 3.63) is 48.2 Å². The molecule has 0 saturated heterocycles. The lowest BCUT2D eigenvalue weighted by Crippen LogP contribution is -2.17. The molecule has 1 aromatic carbocycles. The number of ether oxygens (including phenoxy) is 1. The van der Waals surface area contributed by atoms with Crippen LogP contribution in [0.4, 0.5) is 0 Å². The van der Waals surface area contributed by atoms with Crippen LogP contribution >= 0.6 is 0 Å². The predicted octanol–water partition coefficient (Wildman–Crippen LogP) is 1.59. The van der Waals surface area contributed by atoms with Gasteiger partial charge in [-0.05, 0) is 24.8 Å². The van der Waals surface area contributed by atoms with Crippen molar-refractivity contribution >= 4 is 11.7 Å². The van der Waals surface area contributed by atoms with Gasteiger partial charge in [-0.3, -0.25) is 4.99 Å². The minimum Gasteiger partial charge on any atom is -0.477 e. The normalized spacial score (nSPS) is 13.6. The molecule has 0 unspecified atom stereocenters. The quantitative estimate of drug-likeness (QED) is 0.731. The number of hydrogen-bond donors (Lipinski definition) is 2. The van der Waals surface area contributed by atoms with E-state index in [0.717, 1.165) is 11.8 Å². The fourth-order valence-electron chi connectivity index (χ4n) is 1.46. The minimum atomic E-state index is -1.10. The van der Waals surface area contributed by atoms with Crippen LogP contribution in [0.5, 0.6) is 0 Å². The summed E-state index contributed by atoms with van der Waals surface area (Å²) in [5.74, 6) is -1.10. The number of carboxylic acids is 1. The third-order valence-corrected chi connectivity index (χ3v) is 2.30.